The lowest BCUT2D eigenvalue weighted by molar-refractivity contribution is -0.117. The third kappa shape index (κ3) is 2.82. The molecule has 1 amide bonds. The Morgan fingerprint density at radius 1 is 1.44 bits per heavy atom. The lowest BCUT2D eigenvalue weighted by Gasteiger charge is -2.16. The Balaban J connectivity index is 2.18. The van der Waals surface area contributed by atoms with Crippen molar-refractivity contribution in [3.63, 3.8) is 0 Å². The van der Waals surface area contributed by atoms with Gasteiger partial charge in [-0.3, -0.25) is 14.7 Å². The van der Waals surface area contributed by atoms with E-state index >= 15 is 0 Å². The molecule has 0 radical (unpaired) electrons. The fraction of sp³-hybridized carbons (Fsp3) is 0.500. The maximum Gasteiger partial charge on any atom is 0.228 e. The zero-order valence-electron chi connectivity index (χ0n) is 9.91. The zero-order valence-corrected chi connectivity index (χ0v) is 10.7. The monoisotopic (exact) mass is 270 g/mol. The van der Waals surface area contributed by atoms with Crippen LogP contribution in [0.15, 0.2) is 12.4 Å². The molecule has 2 rings (SSSR count). The molecule has 0 saturated carbocycles. The van der Waals surface area contributed by atoms with Crippen LogP contribution >= 0.6 is 0 Å². The molecule has 1 fully saturated rings. The summed E-state index contributed by atoms with van der Waals surface area (Å²) in [5.41, 5.74) is 0.641. The van der Waals surface area contributed by atoms with Gasteiger partial charge in [-0.2, -0.15) is 0 Å². The van der Waals surface area contributed by atoms with Crippen molar-refractivity contribution in [1.29, 1.82) is 0 Å². The molecule has 1 aromatic rings. The summed E-state index contributed by atoms with van der Waals surface area (Å²) in [6.45, 7) is 2.07. The van der Waals surface area contributed by atoms with Crippen molar-refractivity contribution in [2.75, 3.05) is 17.2 Å². The van der Waals surface area contributed by atoms with Crippen molar-refractivity contribution in [2.45, 2.75) is 13.3 Å². The van der Waals surface area contributed by atoms with Crippen LogP contribution in [0.25, 0.3) is 0 Å². The van der Waals surface area contributed by atoms with E-state index in [0.717, 1.165) is 0 Å². The predicted octanol–water partition coefficient (Wildman–Crippen LogP) is -0.574. The van der Waals surface area contributed by atoms with Gasteiger partial charge in [0.15, 0.2) is 5.82 Å². The van der Waals surface area contributed by atoms with Crippen LogP contribution in [0.3, 0.4) is 0 Å². The highest BCUT2D eigenvalue weighted by molar-refractivity contribution is 7.89. The summed E-state index contributed by atoms with van der Waals surface area (Å²) >= 11 is 0. The second-order valence-electron chi connectivity index (χ2n) is 4.37. The molecule has 2 heterocycles. The molecule has 1 saturated heterocycles. The molecule has 1 aliphatic heterocycles. The molecule has 1 aliphatic rings. The topological polar surface area (TPSA) is 106 Å². The quantitative estimate of drug-likeness (QED) is 0.791. The van der Waals surface area contributed by atoms with E-state index in [9.17, 15) is 13.2 Å². The Bertz CT molecular complexity index is 572. The number of nitrogens with zero attached hydrogens (tertiary/aromatic N) is 3. The molecule has 0 bridgehead atoms. The first-order valence-electron chi connectivity index (χ1n) is 5.45. The van der Waals surface area contributed by atoms with Gasteiger partial charge in [0, 0.05) is 31.3 Å². The van der Waals surface area contributed by atoms with Gasteiger partial charge in [0.05, 0.1) is 11.4 Å². The lowest BCUT2D eigenvalue weighted by Crippen LogP contribution is -2.28. The summed E-state index contributed by atoms with van der Waals surface area (Å²) in [4.78, 5) is 21.5. The lowest BCUT2D eigenvalue weighted by atomic mass is 10.1. The molecule has 0 aromatic carbocycles. The van der Waals surface area contributed by atoms with Gasteiger partial charge in [-0.25, -0.2) is 18.5 Å². The largest absolute Gasteiger partial charge is 0.295 e. The van der Waals surface area contributed by atoms with Crippen LogP contribution in [-0.2, 0) is 14.8 Å². The highest BCUT2D eigenvalue weighted by Crippen LogP contribution is 2.25. The van der Waals surface area contributed by atoms with Crippen LogP contribution in [-0.4, -0.2) is 36.6 Å². The summed E-state index contributed by atoms with van der Waals surface area (Å²) in [6, 6.07) is 0. The van der Waals surface area contributed by atoms with Crippen LogP contribution in [0.2, 0.25) is 0 Å². The van der Waals surface area contributed by atoms with Crippen molar-refractivity contribution in [2.24, 2.45) is 11.1 Å². The zero-order chi connectivity index (χ0) is 13.3. The maximum atomic E-state index is 11.8. The van der Waals surface area contributed by atoms with Crippen LogP contribution in [0, 0.1) is 12.8 Å². The smallest absolute Gasteiger partial charge is 0.228 e. The van der Waals surface area contributed by atoms with E-state index in [-0.39, 0.29) is 24.0 Å². The SMILES string of the molecule is Cc1nccnc1N1CC(CS(N)(=O)=O)CC1=O. The minimum absolute atomic E-state index is 0.146. The Morgan fingerprint density at radius 3 is 2.72 bits per heavy atom. The van der Waals surface area contributed by atoms with Gasteiger partial charge < -0.3 is 0 Å². The van der Waals surface area contributed by atoms with E-state index in [1.807, 2.05) is 0 Å². The van der Waals surface area contributed by atoms with Gasteiger partial charge in [-0.1, -0.05) is 0 Å². The van der Waals surface area contributed by atoms with Crippen LogP contribution < -0.4 is 10.0 Å². The number of anilines is 1. The van der Waals surface area contributed by atoms with E-state index in [1.54, 1.807) is 13.1 Å². The van der Waals surface area contributed by atoms with Crippen molar-refractivity contribution in [3.8, 4) is 0 Å². The number of hydrogen-bond acceptors (Lipinski definition) is 5. The van der Waals surface area contributed by atoms with Gasteiger partial charge >= 0.3 is 0 Å². The average molecular weight is 270 g/mol. The molecule has 7 nitrogen and oxygen atoms in total. The first kappa shape index (κ1) is 12.9. The molecular weight excluding hydrogens is 256 g/mol. The number of rotatable bonds is 3. The van der Waals surface area contributed by atoms with Crippen molar-refractivity contribution < 1.29 is 13.2 Å². The van der Waals surface area contributed by atoms with Crippen molar-refractivity contribution >= 4 is 21.7 Å². The normalized spacial score (nSPS) is 20.4. The van der Waals surface area contributed by atoms with Gasteiger partial charge in [0.1, 0.15) is 0 Å². The Kier molecular flexibility index (Phi) is 3.31. The van der Waals surface area contributed by atoms with Crippen LogP contribution in [0.1, 0.15) is 12.1 Å². The summed E-state index contributed by atoms with van der Waals surface area (Å²) in [6.07, 6.45) is 3.22. The standard InChI is InChI=1S/C10H14N4O3S/c1-7-10(13-3-2-12-7)14-5-8(4-9(14)15)6-18(11,16)17/h2-3,8H,4-6H2,1H3,(H2,11,16,17). The van der Waals surface area contributed by atoms with Crippen LogP contribution in [0.4, 0.5) is 5.82 Å². The fourth-order valence-electron chi connectivity index (χ4n) is 2.09. The molecular formula is C10H14N4O3S. The third-order valence-corrected chi connectivity index (χ3v) is 3.72. The second kappa shape index (κ2) is 4.62. The van der Waals surface area contributed by atoms with E-state index < -0.39 is 10.0 Å². The average Bonchev–Trinajstić information content (AvgIpc) is 2.57. The Hall–Kier alpha value is -1.54. The molecule has 1 unspecified atom stereocenters. The minimum atomic E-state index is -3.56. The highest BCUT2D eigenvalue weighted by Gasteiger charge is 2.34. The van der Waals surface area contributed by atoms with E-state index in [4.69, 9.17) is 5.14 Å². The number of aromatic nitrogens is 2. The van der Waals surface area contributed by atoms with E-state index in [0.29, 0.717) is 18.1 Å². The molecule has 0 spiro atoms. The Morgan fingerprint density at radius 2 is 2.11 bits per heavy atom. The van der Waals surface area contributed by atoms with Gasteiger partial charge in [-0.15, -0.1) is 0 Å². The summed E-state index contributed by atoms with van der Waals surface area (Å²) in [7, 11) is -3.56. The number of primary sulfonamides is 1. The van der Waals surface area contributed by atoms with Crippen molar-refractivity contribution in [1.82, 2.24) is 9.97 Å². The summed E-state index contributed by atoms with van der Waals surface area (Å²) in [5, 5.41) is 4.99. The minimum Gasteiger partial charge on any atom is -0.295 e. The predicted molar refractivity (Wildman–Crippen MR) is 65.2 cm³/mol. The third-order valence-electron chi connectivity index (χ3n) is 2.78. The van der Waals surface area contributed by atoms with Gasteiger partial charge in [-0.05, 0) is 6.92 Å². The number of nitrogens with two attached hydrogens (primary N) is 1. The van der Waals surface area contributed by atoms with E-state index in [2.05, 4.69) is 9.97 Å². The van der Waals surface area contributed by atoms with E-state index in [1.165, 1.54) is 11.1 Å². The van der Waals surface area contributed by atoms with Gasteiger partial charge in [0.2, 0.25) is 15.9 Å². The second-order valence-corrected chi connectivity index (χ2v) is 6.03. The number of amides is 1. The number of carbonyl (C=O) groups excluding carboxylic acids is 1. The fourth-order valence-corrected chi connectivity index (χ4v) is 2.97. The Labute approximate surface area is 105 Å². The molecule has 2 N–H and O–H groups in total. The van der Waals surface area contributed by atoms with Gasteiger partial charge in [0.25, 0.3) is 0 Å². The molecule has 8 heteroatoms. The number of aryl methyl sites for hydroxylation is 1. The maximum absolute atomic E-state index is 11.8. The summed E-state index contributed by atoms with van der Waals surface area (Å²) in [5.74, 6) is -0.130. The summed E-state index contributed by atoms with van der Waals surface area (Å²) < 4.78 is 22.0. The number of hydrogen-bond donors (Lipinski definition) is 1. The van der Waals surface area contributed by atoms with Crippen LogP contribution in [0.5, 0.6) is 0 Å². The number of carbonyl (C=O) groups is 1. The molecule has 1 aromatic heterocycles. The first-order chi connectivity index (χ1) is 8.37. The number of sulfonamides is 1. The molecule has 98 valence electrons. The highest BCUT2D eigenvalue weighted by atomic mass is 32.2. The van der Waals surface area contributed by atoms with Crippen molar-refractivity contribution in [3.05, 3.63) is 18.1 Å². The molecule has 18 heavy (non-hydrogen) atoms. The molecule has 1 atom stereocenters. The molecule has 0 aliphatic carbocycles. The first-order valence-corrected chi connectivity index (χ1v) is 7.17.